The number of hydrogen-bond donors (Lipinski definition) is 1. The van der Waals surface area contributed by atoms with Gasteiger partial charge in [-0.2, -0.15) is 8.78 Å². The Bertz CT molecular complexity index is 354. The van der Waals surface area contributed by atoms with Gasteiger partial charge in [0.15, 0.2) is 0 Å². The molecule has 6 heteroatoms. The van der Waals surface area contributed by atoms with Gasteiger partial charge >= 0.3 is 12.6 Å². The van der Waals surface area contributed by atoms with Crippen LogP contribution in [0.1, 0.15) is 10.4 Å². The molecular formula is C8H5ClF2O3. The molecule has 3 nitrogen and oxygen atoms in total. The average Bonchev–Trinajstić information content (AvgIpc) is 2.01. The predicted octanol–water partition coefficient (Wildman–Crippen LogP) is 2.64. The molecule has 0 spiro atoms. The maximum absolute atomic E-state index is 11.8. The van der Waals surface area contributed by atoms with Gasteiger partial charge < -0.3 is 9.84 Å². The summed E-state index contributed by atoms with van der Waals surface area (Å²) in [4.78, 5) is 10.5. The fraction of sp³-hybridized carbons (Fsp3) is 0.125. The molecule has 0 heterocycles. The van der Waals surface area contributed by atoms with Gasteiger partial charge in [-0.25, -0.2) is 4.79 Å². The highest BCUT2D eigenvalue weighted by atomic mass is 35.5. The number of aromatic carboxylic acids is 1. The summed E-state index contributed by atoms with van der Waals surface area (Å²) in [7, 11) is 0. The first kappa shape index (κ1) is 10.7. The van der Waals surface area contributed by atoms with Crippen molar-refractivity contribution in [3.63, 3.8) is 0 Å². The van der Waals surface area contributed by atoms with Gasteiger partial charge in [0.1, 0.15) is 11.3 Å². The molecule has 0 atom stereocenters. The van der Waals surface area contributed by atoms with Crippen LogP contribution in [0.4, 0.5) is 8.78 Å². The van der Waals surface area contributed by atoms with Gasteiger partial charge in [0.2, 0.25) is 0 Å². The maximum atomic E-state index is 11.8. The van der Waals surface area contributed by atoms with Crippen LogP contribution in [0.5, 0.6) is 5.75 Å². The first-order valence-electron chi connectivity index (χ1n) is 3.48. The lowest BCUT2D eigenvalue weighted by atomic mass is 10.2. The molecule has 1 N–H and O–H groups in total. The van der Waals surface area contributed by atoms with Crippen molar-refractivity contribution < 1.29 is 23.4 Å². The first-order chi connectivity index (χ1) is 6.50. The van der Waals surface area contributed by atoms with E-state index >= 15 is 0 Å². The lowest BCUT2D eigenvalue weighted by Gasteiger charge is -2.07. The molecule has 0 bridgehead atoms. The number of carboxylic acid groups (broad SMARTS) is 1. The van der Waals surface area contributed by atoms with E-state index in [1.54, 1.807) is 0 Å². The second-order valence-electron chi connectivity index (χ2n) is 2.32. The Morgan fingerprint density at radius 3 is 2.64 bits per heavy atom. The van der Waals surface area contributed by atoms with Gasteiger partial charge in [-0.3, -0.25) is 0 Å². The van der Waals surface area contributed by atoms with Crippen molar-refractivity contribution in [1.29, 1.82) is 0 Å². The SMILES string of the molecule is O=C(O)c1ccc(Cl)cc1OC(F)F. The highest BCUT2D eigenvalue weighted by Crippen LogP contribution is 2.24. The number of carboxylic acids is 1. The molecule has 0 aromatic heterocycles. The summed E-state index contributed by atoms with van der Waals surface area (Å²) in [5, 5.41) is 8.73. The summed E-state index contributed by atoms with van der Waals surface area (Å²) in [6.45, 7) is -3.08. The summed E-state index contributed by atoms with van der Waals surface area (Å²) >= 11 is 5.49. The van der Waals surface area contributed by atoms with E-state index in [9.17, 15) is 13.6 Å². The molecule has 0 fully saturated rings. The summed E-state index contributed by atoms with van der Waals surface area (Å²) in [5.74, 6) is -1.79. The fourth-order valence-electron chi connectivity index (χ4n) is 0.866. The number of ether oxygens (including phenoxy) is 1. The topological polar surface area (TPSA) is 46.5 Å². The Labute approximate surface area is 82.9 Å². The van der Waals surface area contributed by atoms with Crippen LogP contribution in [-0.2, 0) is 0 Å². The molecule has 0 saturated carbocycles. The van der Waals surface area contributed by atoms with E-state index in [4.69, 9.17) is 16.7 Å². The van der Waals surface area contributed by atoms with E-state index in [0.717, 1.165) is 12.1 Å². The van der Waals surface area contributed by atoms with Crippen molar-refractivity contribution in [2.45, 2.75) is 6.61 Å². The van der Waals surface area contributed by atoms with Crippen molar-refractivity contribution in [2.24, 2.45) is 0 Å². The Balaban J connectivity index is 3.09. The summed E-state index contributed by atoms with van der Waals surface area (Å²) in [5.41, 5.74) is -0.352. The largest absolute Gasteiger partial charge is 0.478 e. The van der Waals surface area contributed by atoms with Crippen LogP contribution in [0.3, 0.4) is 0 Å². The summed E-state index contributed by atoms with van der Waals surface area (Å²) < 4.78 is 27.7. The van der Waals surface area contributed by atoms with Gasteiger partial charge in [-0.05, 0) is 18.2 Å². The molecule has 0 aliphatic heterocycles. The normalized spacial score (nSPS) is 10.3. The molecule has 0 amide bonds. The van der Waals surface area contributed by atoms with Gasteiger partial charge in [0.05, 0.1) is 0 Å². The zero-order valence-corrected chi connectivity index (χ0v) is 7.46. The van der Waals surface area contributed by atoms with E-state index in [2.05, 4.69) is 4.74 Å². The van der Waals surface area contributed by atoms with E-state index in [0.29, 0.717) is 0 Å². The minimum atomic E-state index is -3.08. The van der Waals surface area contributed by atoms with Crippen LogP contribution in [0.2, 0.25) is 5.02 Å². The zero-order valence-electron chi connectivity index (χ0n) is 6.71. The number of hydrogen-bond acceptors (Lipinski definition) is 2. The number of alkyl halides is 2. The Kier molecular flexibility index (Phi) is 3.24. The lowest BCUT2D eigenvalue weighted by Crippen LogP contribution is -2.07. The minimum Gasteiger partial charge on any atom is -0.478 e. The Morgan fingerprint density at radius 1 is 1.50 bits per heavy atom. The molecule has 1 rings (SSSR count). The van der Waals surface area contributed by atoms with Crippen molar-refractivity contribution in [1.82, 2.24) is 0 Å². The van der Waals surface area contributed by atoms with Gasteiger partial charge in [-0.15, -0.1) is 0 Å². The number of halogens is 3. The minimum absolute atomic E-state index is 0.130. The standard InChI is InChI=1S/C8H5ClF2O3/c9-4-1-2-5(7(12)13)6(3-4)14-8(10)11/h1-3,8H,(H,12,13). The summed E-state index contributed by atoms with van der Waals surface area (Å²) in [6, 6.07) is 3.41. The molecule has 1 aromatic carbocycles. The number of rotatable bonds is 3. The van der Waals surface area contributed by atoms with E-state index < -0.39 is 18.3 Å². The molecule has 0 radical (unpaired) electrons. The second-order valence-corrected chi connectivity index (χ2v) is 2.76. The third-order valence-electron chi connectivity index (χ3n) is 1.39. The van der Waals surface area contributed by atoms with Crippen molar-refractivity contribution in [2.75, 3.05) is 0 Å². The van der Waals surface area contributed by atoms with Crippen molar-refractivity contribution >= 4 is 17.6 Å². The third-order valence-corrected chi connectivity index (χ3v) is 1.63. The van der Waals surface area contributed by atoms with Crippen molar-refractivity contribution in [3.05, 3.63) is 28.8 Å². The van der Waals surface area contributed by atoms with Crippen LogP contribution < -0.4 is 4.74 Å². The van der Waals surface area contributed by atoms with E-state index in [-0.39, 0.29) is 10.6 Å². The van der Waals surface area contributed by atoms with Gasteiger partial charge in [0, 0.05) is 5.02 Å². The second kappa shape index (κ2) is 4.23. The third kappa shape index (κ3) is 2.56. The van der Waals surface area contributed by atoms with E-state index in [1.165, 1.54) is 6.07 Å². The zero-order chi connectivity index (χ0) is 10.7. The van der Waals surface area contributed by atoms with Crippen molar-refractivity contribution in [3.8, 4) is 5.75 Å². The Hall–Kier alpha value is -1.36. The molecule has 0 saturated heterocycles. The quantitative estimate of drug-likeness (QED) is 0.855. The fourth-order valence-corrected chi connectivity index (χ4v) is 1.03. The monoisotopic (exact) mass is 222 g/mol. The van der Waals surface area contributed by atoms with Crippen LogP contribution in [-0.4, -0.2) is 17.7 Å². The number of carbonyl (C=O) groups is 1. The molecule has 1 aromatic rings. The highest BCUT2D eigenvalue weighted by Gasteiger charge is 2.15. The van der Waals surface area contributed by atoms with Gasteiger partial charge in [-0.1, -0.05) is 11.6 Å². The van der Waals surface area contributed by atoms with Crippen LogP contribution in [0.15, 0.2) is 18.2 Å². The van der Waals surface area contributed by atoms with Crippen LogP contribution in [0.25, 0.3) is 0 Å². The first-order valence-corrected chi connectivity index (χ1v) is 3.86. The van der Waals surface area contributed by atoms with E-state index in [1.807, 2.05) is 0 Å². The predicted molar refractivity (Wildman–Crippen MR) is 45.0 cm³/mol. The highest BCUT2D eigenvalue weighted by molar-refractivity contribution is 6.30. The molecular weight excluding hydrogens is 218 g/mol. The van der Waals surface area contributed by atoms with Gasteiger partial charge in [0.25, 0.3) is 0 Å². The Morgan fingerprint density at radius 2 is 2.14 bits per heavy atom. The molecule has 0 unspecified atom stereocenters. The van der Waals surface area contributed by atoms with Crippen LogP contribution in [0, 0.1) is 0 Å². The van der Waals surface area contributed by atoms with Crippen LogP contribution >= 0.6 is 11.6 Å². The number of benzene rings is 1. The maximum Gasteiger partial charge on any atom is 0.387 e. The molecule has 0 aliphatic rings. The molecule has 0 aliphatic carbocycles. The summed E-state index contributed by atoms with van der Waals surface area (Å²) in [6.07, 6.45) is 0. The smallest absolute Gasteiger partial charge is 0.387 e. The lowest BCUT2D eigenvalue weighted by molar-refractivity contribution is -0.0503. The molecule has 76 valence electrons. The molecule has 14 heavy (non-hydrogen) atoms. The average molecular weight is 223 g/mol.